The summed E-state index contributed by atoms with van der Waals surface area (Å²) in [7, 11) is 0. The minimum Gasteiger partial charge on any atom is -0.493 e. The highest BCUT2D eigenvalue weighted by atomic mass is 16.5. The Morgan fingerprint density at radius 2 is 1.74 bits per heavy atom. The number of hydrogen-bond acceptors (Lipinski definition) is 4. The number of benzene rings is 2. The van der Waals surface area contributed by atoms with Gasteiger partial charge < -0.3 is 15.2 Å². The monoisotopic (exact) mass is 313 g/mol. The van der Waals surface area contributed by atoms with Crippen LogP contribution in [0.1, 0.15) is 18.1 Å². The molecular weight excluding hydrogens is 290 g/mol. The Morgan fingerprint density at radius 1 is 1.04 bits per heavy atom. The van der Waals surface area contributed by atoms with Crippen molar-refractivity contribution in [3.8, 4) is 5.75 Å². The third-order valence-corrected chi connectivity index (χ3v) is 3.47. The van der Waals surface area contributed by atoms with Crippen molar-refractivity contribution < 1.29 is 14.3 Å². The molecule has 0 aromatic heterocycles. The molecule has 0 fully saturated rings. The number of ether oxygens (including phenoxy) is 2. The van der Waals surface area contributed by atoms with E-state index >= 15 is 0 Å². The third kappa shape index (κ3) is 5.75. The standard InChI is InChI=1S/C19H23NO3/c1-2-22-19(21)18(20)14-16-8-10-17(11-9-16)23-13-12-15-6-4-3-5-7-15/h3-11,18H,2,12-14,20H2,1H3. The van der Waals surface area contributed by atoms with Crippen molar-refractivity contribution in [2.24, 2.45) is 5.73 Å². The van der Waals surface area contributed by atoms with Crippen LogP contribution in [0.3, 0.4) is 0 Å². The van der Waals surface area contributed by atoms with E-state index in [9.17, 15) is 4.79 Å². The van der Waals surface area contributed by atoms with Crippen molar-refractivity contribution in [1.29, 1.82) is 0 Å². The summed E-state index contributed by atoms with van der Waals surface area (Å²) in [5, 5.41) is 0. The Labute approximate surface area is 137 Å². The molecule has 1 atom stereocenters. The van der Waals surface area contributed by atoms with Crippen molar-refractivity contribution in [2.45, 2.75) is 25.8 Å². The first-order chi connectivity index (χ1) is 11.2. The molecule has 4 nitrogen and oxygen atoms in total. The molecule has 122 valence electrons. The van der Waals surface area contributed by atoms with E-state index in [2.05, 4.69) is 12.1 Å². The molecule has 23 heavy (non-hydrogen) atoms. The van der Waals surface area contributed by atoms with Crippen LogP contribution in [0.15, 0.2) is 54.6 Å². The highest BCUT2D eigenvalue weighted by Gasteiger charge is 2.14. The number of rotatable bonds is 8. The Kier molecular flexibility index (Phi) is 6.63. The van der Waals surface area contributed by atoms with E-state index in [-0.39, 0.29) is 5.97 Å². The lowest BCUT2D eigenvalue weighted by Gasteiger charge is -2.11. The SMILES string of the molecule is CCOC(=O)C(N)Cc1ccc(OCCc2ccccc2)cc1. The summed E-state index contributed by atoms with van der Waals surface area (Å²) in [4.78, 5) is 11.5. The molecule has 0 aliphatic carbocycles. The van der Waals surface area contributed by atoms with Gasteiger partial charge in [-0.15, -0.1) is 0 Å². The van der Waals surface area contributed by atoms with Crippen LogP contribution in [-0.2, 0) is 22.4 Å². The zero-order valence-electron chi connectivity index (χ0n) is 13.4. The normalized spacial score (nSPS) is 11.7. The Bertz CT molecular complexity index is 596. The summed E-state index contributed by atoms with van der Waals surface area (Å²) < 4.78 is 10.6. The number of nitrogens with two attached hydrogens (primary N) is 1. The molecule has 0 radical (unpaired) electrons. The molecule has 2 rings (SSSR count). The van der Waals surface area contributed by atoms with Crippen molar-refractivity contribution in [1.82, 2.24) is 0 Å². The van der Waals surface area contributed by atoms with Crippen molar-refractivity contribution in [2.75, 3.05) is 13.2 Å². The van der Waals surface area contributed by atoms with E-state index in [4.69, 9.17) is 15.2 Å². The first-order valence-electron chi connectivity index (χ1n) is 7.87. The van der Waals surface area contributed by atoms with Crippen molar-refractivity contribution in [3.63, 3.8) is 0 Å². The molecule has 0 saturated carbocycles. The van der Waals surface area contributed by atoms with E-state index in [1.165, 1.54) is 5.56 Å². The molecule has 1 unspecified atom stereocenters. The maximum atomic E-state index is 11.5. The van der Waals surface area contributed by atoms with Gasteiger partial charge in [0.1, 0.15) is 11.8 Å². The van der Waals surface area contributed by atoms with Gasteiger partial charge in [-0.1, -0.05) is 42.5 Å². The van der Waals surface area contributed by atoms with Gasteiger partial charge in [-0.25, -0.2) is 0 Å². The van der Waals surface area contributed by atoms with E-state index in [1.807, 2.05) is 42.5 Å². The van der Waals surface area contributed by atoms with Gasteiger partial charge in [0.2, 0.25) is 0 Å². The van der Waals surface area contributed by atoms with Crippen LogP contribution >= 0.6 is 0 Å². The fourth-order valence-corrected chi connectivity index (χ4v) is 2.24. The smallest absolute Gasteiger partial charge is 0.323 e. The van der Waals surface area contributed by atoms with Gasteiger partial charge in [-0.2, -0.15) is 0 Å². The molecule has 0 aliphatic heterocycles. The second-order valence-electron chi connectivity index (χ2n) is 5.29. The second kappa shape index (κ2) is 8.96. The fourth-order valence-electron chi connectivity index (χ4n) is 2.24. The minimum atomic E-state index is -0.625. The molecule has 4 heteroatoms. The lowest BCUT2D eigenvalue weighted by molar-refractivity contribution is -0.144. The van der Waals surface area contributed by atoms with Crippen LogP contribution in [0.2, 0.25) is 0 Å². The number of carbonyl (C=O) groups is 1. The lowest BCUT2D eigenvalue weighted by Crippen LogP contribution is -2.34. The van der Waals surface area contributed by atoms with Crippen molar-refractivity contribution >= 4 is 5.97 Å². The van der Waals surface area contributed by atoms with E-state index in [1.54, 1.807) is 6.92 Å². The fraction of sp³-hybridized carbons (Fsp3) is 0.316. The number of esters is 1. The molecule has 0 bridgehead atoms. The van der Waals surface area contributed by atoms with Gasteiger partial charge in [0.25, 0.3) is 0 Å². The van der Waals surface area contributed by atoms with Gasteiger partial charge >= 0.3 is 5.97 Å². The molecule has 2 aromatic rings. The molecule has 0 heterocycles. The Hall–Kier alpha value is -2.33. The lowest BCUT2D eigenvalue weighted by atomic mass is 10.1. The third-order valence-electron chi connectivity index (χ3n) is 3.47. The summed E-state index contributed by atoms with van der Waals surface area (Å²) in [6.45, 7) is 2.75. The molecule has 2 N–H and O–H groups in total. The summed E-state index contributed by atoms with van der Waals surface area (Å²) in [5.74, 6) is 0.449. The average molecular weight is 313 g/mol. The van der Waals surface area contributed by atoms with Crippen LogP contribution in [0.4, 0.5) is 0 Å². The molecule has 0 amide bonds. The topological polar surface area (TPSA) is 61.5 Å². The largest absolute Gasteiger partial charge is 0.493 e. The molecule has 0 aliphatic rings. The zero-order valence-corrected chi connectivity index (χ0v) is 13.4. The summed E-state index contributed by atoms with van der Waals surface area (Å²) >= 11 is 0. The quantitative estimate of drug-likeness (QED) is 0.761. The van der Waals surface area contributed by atoms with Gasteiger partial charge in [-0.05, 0) is 36.6 Å². The molecule has 0 spiro atoms. The Morgan fingerprint density at radius 3 is 2.39 bits per heavy atom. The highest BCUT2D eigenvalue weighted by molar-refractivity contribution is 5.75. The van der Waals surface area contributed by atoms with Gasteiger partial charge in [0, 0.05) is 6.42 Å². The number of carbonyl (C=O) groups excluding carboxylic acids is 1. The summed E-state index contributed by atoms with van der Waals surface area (Å²) in [6.07, 6.45) is 1.33. The predicted molar refractivity (Wildman–Crippen MR) is 90.4 cm³/mol. The molecule has 0 saturated heterocycles. The van der Waals surface area contributed by atoms with Crippen LogP contribution < -0.4 is 10.5 Å². The van der Waals surface area contributed by atoms with Crippen LogP contribution in [0.25, 0.3) is 0 Å². The van der Waals surface area contributed by atoms with E-state index in [0.29, 0.717) is 19.6 Å². The summed E-state index contributed by atoms with van der Waals surface area (Å²) in [6, 6.07) is 17.3. The van der Waals surface area contributed by atoms with Crippen LogP contribution in [0.5, 0.6) is 5.75 Å². The van der Waals surface area contributed by atoms with E-state index in [0.717, 1.165) is 17.7 Å². The van der Waals surface area contributed by atoms with Gasteiger partial charge in [0.15, 0.2) is 0 Å². The zero-order chi connectivity index (χ0) is 16.5. The second-order valence-corrected chi connectivity index (χ2v) is 5.29. The number of hydrogen-bond donors (Lipinski definition) is 1. The Balaban J connectivity index is 1.79. The average Bonchev–Trinajstić information content (AvgIpc) is 2.57. The van der Waals surface area contributed by atoms with E-state index < -0.39 is 6.04 Å². The highest BCUT2D eigenvalue weighted by Crippen LogP contribution is 2.14. The first-order valence-corrected chi connectivity index (χ1v) is 7.87. The van der Waals surface area contributed by atoms with Gasteiger partial charge in [0.05, 0.1) is 13.2 Å². The maximum Gasteiger partial charge on any atom is 0.323 e. The van der Waals surface area contributed by atoms with Crippen molar-refractivity contribution in [3.05, 3.63) is 65.7 Å². The predicted octanol–water partition coefficient (Wildman–Crippen LogP) is 2.74. The van der Waals surface area contributed by atoms with Crippen LogP contribution in [-0.4, -0.2) is 25.2 Å². The maximum absolute atomic E-state index is 11.5. The minimum absolute atomic E-state index is 0.348. The summed E-state index contributed by atoms with van der Waals surface area (Å²) in [5.41, 5.74) is 8.05. The molecular formula is C19H23NO3. The van der Waals surface area contributed by atoms with Crippen LogP contribution in [0, 0.1) is 0 Å². The molecule has 2 aromatic carbocycles. The van der Waals surface area contributed by atoms with Gasteiger partial charge in [-0.3, -0.25) is 4.79 Å². The first kappa shape index (κ1) is 17.0.